The molecule has 0 bridgehead atoms. The van der Waals surface area contributed by atoms with Gasteiger partial charge >= 0.3 is 0 Å². The lowest BCUT2D eigenvalue weighted by molar-refractivity contribution is 0.292. The molecule has 0 atom stereocenters. The quantitative estimate of drug-likeness (QED) is 0.527. The predicted molar refractivity (Wildman–Crippen MR) is 116 cm³/mol. The third kappa shape index (κ3) is 5.00. The molecule has 140 valence electrons. The lowest BCUT2D eigenvalue weighted by Gasteiger charge is -2.19. The van der Waals surface area contributed by atoms with E-state index in [0.29, 0.717) is 0 Å². The van der Waals surface area contributed by atoms with Gasteiger partial charge in [0, 0.05) is 24.1 Å². The Kier molecular flexibility index (Phi) is 7.94. The number of anilines is 1. The molecule has 4 nitrogen and oxygen atoms in total. The van der Waals surface area contributed by atoms with Gasteiger partial charge in [0.25, 0.3) is 0 Å². The minimum Gasteiger partial charge on any atom is -0.352 e. The first-order chi connectivity index (χ1) is 12.2. The van der Waals surface area contributed by atoms with Gasteiger partial charge < -0.3 is 14.8 Å². The molecule has 1 heterocycles. The number of hydrogen-bond donors (Lipinski definition) is 1. The van der Waals surface area contributed by atoms with Gasteiger partial charge in [0.1, 0.15) is 0 Å². The molecule has 0 unspecified atom stereocenters. The molecule has 6 heteroatoms. The lowest BCUT2D eigenvalue weighted by atomic mass is 10.2. The molecule has 0 aliphatic heterocycles. The Hall–Kier alpha value is -1.56. The molecular formula is C20H26BrClN4. The number of nitrogens with zero attached hydrogens (tertiary/aromatic N) is 3. The molecule has 1 aromatic heterocycles. The second-order valence-electron chi connectivity index (χ2n) is 6.08. The maximum atomic E-state index is 4.80. The lowest BCUT2D eigenvalue weighted by Crippen LogP contribution is -2.27. The minimum absolute atomic E-state index is 0. The number of aromatic nitrogens is 2. The average molecular weight is 438 g/mol. The molecule has 0 saturated carbocycles. The second-order valence-corrected chi connectivity index (χ2v) is 7.00. The summed E-state index contributed by atoms with van der Waals surface area (Å²) in [6.45, 7) is 9.30. The highest BCUT2D eigenvalue weighted by molar-refractivity contribution is 9.10. The van der Waals surface area contributed by atoms with Crippen LogP contribution in [-0.4, -0.2) is 34.1 Å². The number of benzene rings is 2. The minimum atomic E-state index is 0. The smallest absolute Gasteiger partial charge is 0.204 e. The van der Waals surface area contributed by atoms with Crippen LogP contribution in [0.3, 0.4) is 0 Å². The van der Waals surface area contributed by atoms with Crippen LogP contribution in [0.2, 0.25) is 0 Å². The van der Waals surface area contributed by atoms with E-state index < -0.39 is 0 Å². The van der Waals surface area contributed by atoms with E-state index in [1.165, 1.54) is 11.1 Å². The van der Waals surface area contributed by atoms with E-state index in [1.807, 2.05) is 6.07 Å². The first-order valence-corrected chi connectivity index (χ1v) is 9.66. The van der Waals surface area contributed by atoms with Gasteiger partial charge in [-0.1, -0.05) is 54.0 Å². The normalized spacial score (nSPS) is 10.9. The van der Waals surface area contributed by atoms with Crippen LogP contribution in [0.4, 0.5) is 5.95 Å². The standard InChI is InChI=1S/C20H25BrN4.ClH/c1-3-24(4-2)13-14-25-19-8-6-5-7-18(19)23-20(25)22-15-16-9-11-17(21)12-10-16;/h5-12H,3-4,13-15H2,1-2H3,(H,22,23);1H. The molecule has 0 radical (unpaired) electrons. The molecule has 1 N–H and O–H groups in total. The third-order valence-corrected chi connectivity index (χ3v) is 5.08. The van der Waals surface area contributed by atoms with E-state index in [1.54, 1.807) is 0 Å². The Morgan fingerprint density at radius 1 is 1.04 bits per heavy atom. The van der Waals surface area contributed by atoms with Gasteiger partial charge in [-0.15, -0.1) is 12.4 Å². The maximum absolute atomic E-state index is 4.80. The van der Waals surface area contributed by atoms with Crippen LogP contribution in [0.1, 0.15) is 19.4 Å². The fourth-order valence-electron chi connectivity index (χ4n) is 3.00. The van der Waals surface area contributed by atoms with E-state index in [9.17, 15) is 0 Å². The van der Waals surface area contributed by atoms with Crippen LogP contribution in [0, 0.1) is 0 Å². The molecule has 0 amide bonds. The van der Waals surface area contributed by atoms with Gasteiger partial charge in [-0.25, -0.2) is 4.98 Å². The molecule has 3 aromatic rings. The number of rotatable bonds is 8. The summed E-state index contributed by atoms with van der Waals surface area (Å²) in [7, 11) is 0. The van der Waals surface area contributed by atoms with Crippen LogP contribution in [0.15, 0.2) is 53.0 Å². The largest absolute Gasteiger partial charge is 0.352 e. The predicted octanol–water partition coefficient (Wildman–Crippen LogP) is 5.17. The monoisotopic (exact) mass is 436 g/mol. The summed E-state index contributed by atoms with van der Waals surface area (Å²) in [5, 5.41) is 3.52. The number of imidazole rings is 1. The summed E-state index contributed by atoms with van der Waals surface area (Å²) >= 11 is 3.48. The molecule has 0 aliphatic carbocycles. The molecule has 0 aliphatic rings. The van der Waals surface area contributed by atoms with Crippen molar-refractivity contribution >= 4 is 45.3 Å². The summed E-state index contributed by atoms with van der Waals surface area (Å²) < 4.78 is 3.40. The van der Waals surface area contributed by atoms with Crippen molar-refractivity contribution < 1.29 is 0 Å². The first kappa shape index (κ1) is 20.7. The Morgan fingerprint density at radius 2 is 1.73 bits per heavy atom. The van der Waals surface area contributed by atoms with E-state index >= 15 is 0 Å². The SMILES string of the molecule is CCN(CC)CCn1c(NCc2ccc(Br)cc2)nc2ccccc21.Cl. The van der Waals surface area contributed by atoms with Gasteiger partial charge in [-0.2, -0.15) is 0 Å². The zero-order chi connectivity index (χ0) is 17.6. The number of likely N-dealkylation sites (N-methyl/N-ethyl adjacent to an activating group) is 1. The number of fused-ring (bicyclic) bond motifs is 1. The Labute approximate surface area is 170 Å². The fraction of sp³-hybridized carbons (Fsp3) is 0.350. The average Bonchev–Trinajstić information content (AvgIpc) is 3.00. The van der Waals surface area contributed by atoms with Crippen LogP contribution in [0.25, 0.3) is 11.0 Å². The molecule has 0 fully saturated rings. The van der Waals surface area contributed by atoms with Crippen molar-refractivity contribution in [3.63, 3.8) is 0 Å². The first-order valence-electron chi connectivity index (χ1n) is 8.87. The van der Waals surface area contributed by atoms with Crippen molar-refractivity contribution in [1.82, 2.24) is 14.5 Å². The summed E-state index contributed by atoms with van der Waals surface area (Å²) in [6.07, 6.45) is 0. The van der Waals surface area contributed by atoms with Gasteiger partial charge in [0.15, 0.2) is 0 Å². The molecule has 26 heavy (non-hydrogen) atoms. The van der Waals surface area contributed by atoms with E-state index in [2.05, 4.69) is 87.0 Å². The third-order valence-electron chi connectivity index (χ3n) is 4.55. The highest BCUT2D eigenvalue weighted by Gasteiger charge is 2.11. The van der Waals surface area contributed by atoms with Gasteiger partial charge in [0.05, 0.1) is 11.0 Å². The van der Waals surface area contributed by atoms with Crippen molar-refractivity contribution in [3.05, 3.63) is 58.6 Å². The zero-order valence-electron chi connectivity index (χ0n) is 15.3. The number of hydrogen-bond acceptors (Lipinski definition) is 3. The summed E-state index contributed by atoms with van der Waals surface area (Å²) in [5.74, 6) is 0.941. The number of para-hydroxylation sites is 2. The highest BCUT2D eigenvalue weighted by atomic mass is 79.9. The van der Waals surface area contributed by atoms with Crippen LogP contribution < -0.4 is 5.32 Å². The number of nitrogens with one attached hydrogen (secondary N) is 1. The molecule has 2 aromatic carbocycles. The van der Waals surface area contributed by atoms with Crippen molar-refractivity contribution in [2.45, 2.75) is 26.9 Å². The maximum Gasteiger partial charge on any atom is 0.204 e. The van der Waals surface area contributed by atoms with Crippen molar-refractivity contribution in [1.29, 1.82) is 0 Å². The van der Waals surface area contributed by atoms with Crippen LogP contribution >= 0.6 is 28.3 Å². The van der Waals surface area contributed by atoms with Crippen molar-refractivity contribution in [2.24, 2.45) is 0 Å². The molecule has 0 spiro atoms. The van der Waals surface area contributed by atoms with Gasteiger partial charge in [0.2, 0.25) is 5.95 Å². The fourth-order valence-corrected chi connectivity index (χ4v) is 3.27. The van der Waals surface area contributed by atoms with Crippen LogP contribution in [-0.2, 0) is 13.1 Å². The van der Waals surface area contributed by atoms with Gasteiger partial charge in [-0.3, -0.25) is 0 Å². The summed E-state index contributed by atoms with van der Waals surface area (Å²) in [4.78, 5) is 7.24. The molecule has 0 saturated heterocycles. The molecular weight excluding hydrogens is 412 g/mol. The highest BCUT2D eigenvalue weighted by Crippen LogP contribution is 2.20. The van der Waals surface area contributed by atoms with Crippen LogP contribution in [0.5, 0.6) is 0 Å². The van der Waals surface area contributed by atoms with Crippen molar-refractivity contribution in [2.75, 3.05) is 25.0 Å². The molecule has 3 rings (SSSR count). The number of halogens is 2. The van der Waals surface area contributed by atoms with Crippen molar-refractivity contribution in [3.8, 4) is 0 Å². The topological polar surface area (TPSA) is 33.1 Å². The zero-order valence-corrected chi connectivity index (χ0v) is 17.7. The van der Waals surface area contributed by atoms with E-state index in [4.69, 9.17) is 4.98 Å². The van der Waals surface area contributed by atoms with E-state index in [-0.39, 0.29) is 12.4 Å². The Balaban J connectivity index is 0.00000243. The summed E-state index contributed by atoms with van der Waals surface area (Å²) in [6, 6.07) is 16.7. The van der Waals surface area contributed by atoms with E-state index in [0.717, 1.165) is 48.7 Å². The second kappa shape index (κ2) is 9.95. The Morgan fingerprint density at radius 3 is 2.42 bits per heavy atom. The van der Waals surface area contributed by atoms with Gasteiger partial charge in [-0.05, 0) is 42.9 Å². The summed E-state index contributed by atoms with van der Waals surface area (Å²) in [5.41, 5.74) is 3.47. The Bertz CT molecular complexity index is 812.